The highest BCUT2D eigenvalue weighted by Gasteiger charge is 2.31. The van der Waals surface area contributed by atoms with Gasteiger partial charge in [0.1, 0.15) is 5.76 Å². The summed E-state index contributed by atoms with van der Waals surface area (Å²) in [7, 11) is 0. The average molecular weight is 507 g/mol. The zero-order valence-electron chi connectivity index (χ0n) is 18.3. The van der Waals surface area contributed by atoms with Gasteiger partial charge in [-0.3, -0.25) is 14.4 Å². The first kappa shape index (κ1) is 25.8. The van der Waals surface area contributed by atoms with Gasteiger partial charge in [0.2, 0.25) is 12.0 Å². The second-order valence-electron chi connectivity index (χ2n) is 7.21. The number of esters is 1. The fraction of sp³-hybridized carbons (Fsp3) is 0.217. The van der Waals surface area contributed by atoms with Crippen LogP contribution in [0, 0.1) is 6.92 Å². The molecule has 1 heterocycles. The number of anilines is 2. The number of alkyl halides is 3. The van der Waals surface area contributed by atoms with Crippen molar-refractivity contribution in [1.29, 1.82) is 0 Å². The van der Waals surface area contributed by atoms with Crippen molar-refractivity contribution in [3.8, 4) is 0 Å². The van der Waals surface area contributed by atoms with E-state index in [9.17, 15) is 27.6 Å². The van der Waals surface area contributed by atoms with Crippen LogP contribution in [0.4, 0.5) is 24.7 Å². The van der Waals surface area contributed by atoms with Crippen LogP contribution in [-0.4, -0.2) is 34.4 Å². The van der Waals surface area contributed by atoms with E-state index in [1.807, 2.05) is 0 Å². The van der Waals surface area contributed by atoms with E-state index in [1.54, 1.807) is 37.3 Å². The Kier molecular flexibility index (Phi) is 8.53. The van der Waals surface area contributed by atoms with E-state index >= 15 is 0 Å². The quantitative estimate of drug-likeness (QED) is 0.408. The topological polar surface area (TPSA) is 111 Å². The predicted octanol–water partition coefficient (Wildman–Crippen LogP) is 4.60. The number of carbonyl (C=O) groups is 3. The zero-order chi connectivity index (χ0) is 25.4. The number of ether oxygens (including phenoxy) is 1. The molecule has 0 aliphatic carbocycles. The average Bonchev–Trinajstić information content (AvgIpc) is 3.22. The second kappa shape index (κ2) is 11.6. The first-order chi connectivity index (χ1) is 16.6. The zero-order valence-corrected chi connectivity index (χ0v) is 19.1. The fourth-order valence-electron chi connectivity index (χ4n) is 2.88. The van der Waals surface area contributed by atoms with Gasteiger partial charge < -0.3 is 19.9 Å². The molecule has 0 radical (unpaired) electrons. The lowest BCUT2D eigenvalue weighted by atomic mass is 10.1. The Bertz CT molecular complexity index is 1180. The molecule has 1 unspecified atom stereocenters. The highest BCUT2D eigenvalue weighted by Crippen LogP contribution is 2.31. The summed E-state index contributed by atoms with van der Waals surface area (Å²) in [6.45, 7) is 1.67. The van der Waals surface area contributed by atoms with Crippen LogP contribution < -0.4 is 10.6 Å². The van der Waals surface area contributed by atoms with Gasteiger partial charge in [-0.15, -0.1) is 11.8 Å². The van der Waals surface area contributed by atoms with E-state index in [4.69, 9.17) is 9.26 Å². The molecule has 2 N–H and O–H groups in total. The van der Waals surface area contributed by atoms with Crippen molar-refractivity contribution in [2.45, 2.75) is 19.2 Å². The number of amides is 2. The normalized spacial score (nSPS) is 12.0. The predicted molar refractivity (Wildman–Crippen MR) is 123 cm³/mol. The van der Waals surface area contributed by atoms with Crippen molar-refractivity contribution >= 4 is 41.1 Å². The summed E-state index contributed by atoms with van der Waals surface area (Å²) in [4.78, 5) is 37.2. The molecular weight excluding hydrogens is 487 g/mol. The molecule has 0 aliphatic rings. The number of rotatable bonds is 9. The van der Waals surface area contributed by atoms with Crippen LogP contribution in [0.15, 0.2) is 65.2 Å². The highest BCUT2D eigenvalue weighted by atomic mass is 32.2. The van der Waals surface area contributed by atoms with Gasteiger partial charge in [0, 0.05) is 17.3 Å². The van der Waals surface area contributed by atoms with E-state index in [0.29, 0.717) is 11.3 Å². The summed E-state index contributed by atoms with van der Waals surface area (Å²) in [6.07, 6.45) is -5.99. The van der Waals surface area contributed by atoms with Crippen LogP contribution in [0.25, 0.3) is 0 Å². The standard InChI is InChI=1S/C23H20F3N3O5S/c1-14-10-18(29-34-14)28-19(30)12-35-13-20(31)33-21(15-6-3-2-4-7-15)22(32)27-17-9-5-8-16(11-17)23(24,25)26/h2-11,21H,12-13H2,1H3,(H,27,32)(H,28,29,30). The maximum Gasteiger partial charge on any atom is 0.416 e. The molecule has 0 fully saturated rings. The van der Waals surface area contributed by atoms with Gasteiger partial charge in [0.25, 0.3) is 5.91 Å². The molecule has 8 nitrogen and oxygen atoms in total. The third kappa shape index (κ3) is 7.88. The monoisotopic (exact) mass is 507 g/mol. The largest absolute Gasteiger partial charge is 0.447 e. The van der Waals surface area contributed by atoms with Gasteiger partial charge in [0.15, 0.2) is 5.82 Å². The molecule has 1 atom stereocenters. The lowest BCUT2D eigenvalue weighted by Gasteiger charge is -2.18. The lowest BCUT2D eigenvalue weighted by molar-refractivity contribution is -0.152. The van der Waals surface area contributed by atoms with E-state index in [1.165, 1.54) is 12.1 Å². The van der Waals surface area contributed by atoms with Crippen LogP contribution >= 0.6 is 11.8 Å². The Morgan fingerprint density at radius 2 is 1.77 bits per heavy atom. The highest BCUT2D eigenvalue weighted by molar-refractivity contribution is 8.00. The second-order valence-corrected chi connectivity index (χ2v) is 8.20. The molecule has 0 saturated carbocycles. The molecule has 0 spiro atoms. The molecule has 0 aliphatic heterocycles. The Morgan fingerprint density at radius 1 is 1.03 bits per heavy atom. The van der Waals surface area contributed by atoms with E-state index in [0.717, 1.165) is 30.0 Å². The molecule has 35 heavy (non-hydrogen) atoms. The Hall–Kier alpha value is -3.80. The number of carbonyl (C=O) groups excluding carboxylic acids is 3. The summed E-state index contributed by atoms with van der Waals surface area (Å²) in [5, 5.41) is 8.49. The molecule has 2 aromatic carbocycles. The lowest BCUT2D eigenvalue weighted by Crippen LogP contribution is -2.27. The Balaban J connectivity index is 1.60. The summed E-state index contributed by atoms with van der Waals surface area (Å²) in [6, 6.07) is 13.7. The number of thioether (sulfide) groups is 1. The molecular formula is C23H20F3N3O5S. The maximum absolute atomic E-state index is 13.0. The summed E-state index contributed by atoms with van der Waals surface area (Å²) >= 11 is 0.951. The van der Waals surface area contributed by atoms with Crippen molar-refractivity contribution in [3.05, 3.63) is 77.6 Å². The van der Waals surface area contributed by atoms with Gasteiger partial charge in [-0.05, 0) is 25.1 Å². The Morgan fingerprint density at radius 3 is 2.43 bits per heavy atom. The van der Waals surface area contributed by atoms with Crippen molar-refractivity contribution in [2.24, 2.45) is 0 Å². The fourth-order valence-corrected chi connectivity index (χ4v) is 3.47. The molecule has 0 bridgehead atoms. The van der Waals surface area contributed by atoms with Crippen LogP contribution in [-0.2, 0) is 25.3 Å². The smallest absolute Gasteiger partial charge is 0.416 e. The van der Waals surface area contributed by atoms with Crippen molar-refractivity contribution in [3.63, 3.8) is 0 Å². The number of aryl methyl sites for hydroxylation is 1. The molecule has 12 heteroatoms. The van der Waals surface area contributed by atoms with Gasteiger partial charge in [0.05, 0.1) is 17.1 Å². The first-order valence-corrected chi connectivity index (χ1v) is 11.3. The Labute approximate surface area is 202 Å². The molecule has 2 amide bonds. The summed E-state index contributed by atoms with van der Waals surface area (Å²) in [5.74, 6) is -1.60. The van der Waals surface area contributed by atoms with Crippen molar-refractivity contribution in [1.82, 2.24) is 5.16 Å². The van der Waals surface area contributed by atoms with Gasteiger partial charge >= 0.3 is 12.1 Å². The van der Waals surface area contributed by atoms with Crippen molar-refractivity contribution in [2.75, 3.05) is 22.1 Å². The summed E-state index contributed by atoms with van der Waals surface area (Å²) < 4.78 is 49.1. The molecule has 3 rings (SSSR count). The minimum absolute atomic E-state index is 0.0898. The van der Waals surface area contributed by atoms with Crippen LogP contribution in [0.5, 0.6) is 0 Å². The van der Waals surface area contributed by atoms with Crippen LogP contribution in [0.2, 0.25) is 0 Å². The van der Waals surface area contributed by atoms with Crippen LogP contribution in [0.1, 0.15) is 23.0 Å². The minimum Gasteiger partial charge on any atom is -0.447 e. The number of hydrogen-bond acceptors (Lipinski definition) is 7. The third-order valence-electron chi connectivity index (χ3n) is 4.40. The van der Waals surface area contributed by atoms with Gasteiger partial charge in [-0.25, -0.2) is 0 Å². The molecule has 0 saturated heterocycles. The van der Waals surface area contributed by atoms with E-state index in [2.05, 4.69) is 15.8 Å². The van der Waals surface area contributed by atoms with Crippen molar-refractivity contribution < 1.29 is 36.8 Å². The molecule has 184 valence electrons. The number of aromatic nitrogens is 1. The number of benzene rings is 2. The number of hydrogen-bond donors (Lipinski definition) is 2. The maximum atomic E-state index is 13.0. The van der Waals surface area contributed by atoms with Crippen LogP contribution in [0.3, 0.4) is 0 Å². The van der Waals surface area contributed by atoms with Gasteiger partial charge in [-0.1, -0.05) is 41.6 Å². The third-order valence-corrected chi connectivity index (χ3v) is 5.30. The number of nitrogens with one attached hydrogen (secondary N) is 2. The first-order valence-electron chi connectivity index (χ1n) is 10.2. The molecule has 1 aromatic heterocycles. The summed E-state index contributed by atoms with van der Waals surface area (Å²) in [5.41, 5.74) is -0.704. The van der Waals surface area contributed by atoms with E-state index < -0.39 is 35.6 Å². The molecule has 3 aromatic rings. The SMILES string of the molecule is Cc1cc(NC(=O)CSCC(=O)OC(C(=O)Nc2cccc(C(F)(F)F)c2)c2ccccc2)no1. The van der Waals surface area contributed by atoms with Gasteiger partial charge in [-0.2, -0.15) is 13.2 Å². The minimum atomic E-state index is -4.58. The number of nitrogens with zero attached hydrogens (tertiary/aromatic N) is 1. The van der Waals surface area contributed by atoms with E-state index in [-0.39, 0.29) is 23.0 Å². The number of halogens is 3.